The first-order chi connectivity index (χ1) is 8.96. The van der Waals surface area contributed by atoms with Crippen LogP contribution >= 0.6 is 11.6 Å². The van der Waals surface area contributed by atoms with Crippen molar-refractivity contribution < 1.29 is 8.42 Å². The summed E-state index contributed by atoms with van der Waals surface area (Å²) in [7, 11) is -3.54. The van der Waals surface area contributed by atoms with Gasteiger partial charge in [0.25, 0.3) is 0 Å². The van der Waals surface area contributed by atoms with Crippen LogP contribution in [0.3, 0.4) is 0 Å². The smallest absolute Gasteiger partial charge is 0.244 e. The van der Waals surface area contributed by atoms with Gasteiger partial charge in [-0.1, -0.05) is 23.7 Å². The van der Waals surface area contributed by atoms with Crippen molar-refractivity contribution in [2.75, 3.05) is 13.1 Å². The van der Waals surface area contributed by atoms with Gasteiger partial charge in [-0.2, -0.15) is 4.31 Å². The lowest BCUT2D eigenvalue weighted by atomic mass is 9.96. The van der Waals surface area contributed by atoms with Crippen molar-refractivity contribution in [3.05, 3.63) is 29.3 Å². The molecule has 0 saturated carbocycles. The summed E-state index contributed by atoms with van der Waals surface area (Å²) in [5.41, 5.74) is 5.68. The molecule has 2 atom stereocenters. The summed E-state index contributed by atoms with van der Waals surface area (Å²) in [5, 5.41) is 0.268. The number of sulfonamides is 1. The van der Waals surface area contributed by atoms with Crippen LogP contribution in [-0.2, 0) is 10.0 Å². The molecule has 1 aliphatic rings. The number of nitrogens with zero attached hydrogens (tertiary/aromatic N) is 1. The summed E-state index contributed by atoms with van der Waals surface area (Å²) in [6, 6.07) is 6.56. The second kappa shape index (κ2) is 5.79. The lowest BCUT2D eigenvalue weighted by Gasteiger charge is -2.36. The molecule has 1 heterocycles. The molecule has 4 nitrogen and oxygen atoms in total. The normalized spacial score (nSPS) is 25.4. The van der Waals surface area contributed by atoms with Crippen LogP contribution < -0.4 is 5.73 Å². The van der Waals surface area contributed by atoms with Crippen molar-refractivity contribution in [3.63, 3.8) is 0 Å². The Morgan fingerprint density at radius 2 is 2.05 bits per heavy atom. The molecule has 1 saturated heterocycles. The van der Waals surface area contributed by atoms with E-state index in [1.165, 1.54) is 4.31 Å². The largest absolute Gasteiger partial charge is 0.330 e. The molecule has 0 spiro atoms. The molecule has 2 N–H and O–H groups in total. The summed E-state index contributed by atoms with van der Waals surface area (Å²) in [6.45, 7) is 2.92. The molecule has 2 unspecified atom stereocenters. The van der Waals surface area contributed by atoms with Gasteiger partial charge < -0.3 is 5.73 Å². The van der Waals surface area contributed by atoms with Crippen molar-refractivity contribution in [2.45, 2.75) is 30.7 Å². The Morgan fingerprint density at radius 1 is 1.37 bits per heavy atom. The van der Waals surface area contributed by atoms with E-state index in [0.717, 1.165) is 12.8 Å². The van der Waals surface area contributed by atoms with Crippen molar-refractivity contribution >= 4 is 21.6 Å². The highest BCUT2D eigenvalue weighted by Gasteiger charge is 2.35. The summed E-state index contributed by atoms with van der Waals surface area (Å²) >= 11 is 6.02. The van der Waals surface area contributed by atoms with Crippen LogP contribution in [0.25, 0.3) is 0 Å². The summed E-state index contributed by atoms with van der Waals surface area (Å²) < 4.78 is 26.9. The van der Waals surface area contributed by atoms with Crippen LogP contribution in [0.2, 0.25) is 5.02 Å². The van der Waals surface area contributed by atoms with Crippen LogP contribution in [0.5, 0.6) is 0 Å². The fraction of sp³-hybridized carbons (Fsp3) is 0.538. The minimum Gasteiger partial charge on any atom is -0.330 e. The Bertz CT molecular complexity index is 547. The first kappa shape index (κ1) is 14.8. The van der Waals surface area contributed by atoms with Crippen LogP contribution in [0.1, 0.15) is 19.8 Å². The van der Waals surface area contributed by atoms with E-state index in [0.29, 0.717) is 13.1 Å². The standard InChI is InChI=1S/C13H19ClN2O2S/c1-10-6-7-11(8-15)9-16(10)19(17,18)13-5-3-2-4-12(13)14/h2-5,10-11H,6-9,15H2,1H3. The van der Waals surface area contributed by atoms with Crippen molar-refractivity contribution in [1.29, 1.82) is 0 Å². The van der Waals surface area contributed by atoms with Gasteiger partial charge in [-0.3, -0.25) is 0 Å². The fourth-order valence-corrected chi connectivity index (χ4v) is 4.69. The molecule has 2 rings (SSSR count). The van der Waals surface area contributed by atoms with E-state index in [1.54, 1.807) is 24.3 Å². The summed E-state index contributed by atoms with van der Waals surface area (Å²) in [4.78, 5) is 0.182. The average Bonchev–Trinajstić information content (AvgIpc) is 2.39. The van der Waals surface area contributed by atoms with Gasteiger partial charge in [0.15, 0.2) is 0 Å². The molecule has 0 radical (unpaired) electrons. The first-order valence-electron chi connectivity index (χ1n) is 6.43. The van der Waals surface area contributed by atoms with Gasteiger partial charge >= 0.3 is 0 Å². The average molecular weight is 303 g/mol. The zero-order valence-corrected chi connectivity index (χ0v) is 12.5. The summed E-state index contributed by atoms with van der Waals surface area (Å²) in [5.74, 6) is 0.230. The van der Waals surface area contributed by atoms with Crippen molar-refractivity contribution in [3.8, 4) is 0 Å². The van der Waals surface area contributed by atoms with Crippen LogP contribution in [-0.4, -0.2) is 31.9 Å². The number of piperidine rings is 1. The first-order valence-corrected chi connectivity index (χ1v) is 8.25. The van der Waals surface area contributed by atoms with E-state index in [-0.39, 0.29) is 21.9 Å². The molecular weight excluding hydrogens is 284 g/mol. The van der Waals surface area contributed by atoms with Gasteiger partial charge in [0, 0.05) is 12.6 Å². The number of rotatable bonds is 3. The molecule has 19 heavy (non-hydrogen) atoms. The quantitative estimate of drug-likeness (QED) is 0.930. The molecule has 1 fully saturated rings. The molecule has 1 aliphatic heterocycles. The minimum atomic E-state index is -3.54. The zero-order chi connectivity index (χ0) is 14.0. The Hall–Kier alpha value is -0.620. The molecule has 0 amide bonds. The Morgan fingerprint density at radius 3 is 2.68 bits per heavy atom. The molecule has 0 aliphatic carbocycles. The number of benzene rings is 1. The van der Waals surface area contributed by atoms with E-state index in [4.69, 9.17) is 17.3 Å². The third kappa shape index (κ3) is 2.94. The predicted octanol–water partition coefficient (Wildman–Crippen LogP) is 2.09. The molecule has 1 aromatic carbocycles. The maximum Gasteiger partial charge on any atom is 0.244 e. The third-order valence-electron chi connectivity index (χ3n) is 3.68. The third-order valence-corrected chi connectivity index (χ3v) is 6.16. The second-order valence-corrected chi connectivity index (χ2v) is 7.30. The molecule has 0 bridgehead atoms. The predicted molar refractivity (Wildman–Crippen MR) is 76.6 cm³/mol. The van der Waals surface area contributed by atoms with Crippen molar-refractivity contribution in [2.24, 2.45) is 11.7 Å². The molecule has 106 valence electrons. The number of hydrogen-bond acceptors (Lipinski definition) is 3. The molecule has 0 aromatic heterocycles. The van der Waals surface area contributed by atoms with Gasteiger partial charge in [0.05, 0.1) is 5.02 Å². The van der Waals surface area contributed by atoms with E-state index in [1.807, 2.05) is 6.92 Å². The van der Waals surface area contributed by atoms with Crippen molar-refractivity contribution in [1.82, 2.24) is 4.31 Å². The number of nitrogens with two attached hydrogens (primary N) is 1. The maximum absolute atomic E-state index is 12.7. The van der Waals surface area contributed by atoms with Crippen LogP contribution in [0.15, 0.2) is 29.2 Å². The lowest BCUT2D eigenvalue weighted by molar-refractivity contribution is 0.211. The van der Waals surface area contributed by atoms with Gasteiger partial charge in [0.2, 0.25) is 10.0 Å². The van der Waals surface area contributed by atoms with Gasteiger partial charge in [-0.15, -0.1) is 0 Å². The van der Waals surface area contributed by atoms with Gasteiger partial charge in [-0.05, 0) is 44.4 Å². The zero-order valence-electron chi connectivity index (χ0n) is 10.9. The Labute approximate surface area is 119 Å². The number of halogens is 1. The highest BCUT2D eigenvalue weighted by atomic mass is 35.5. The van der Waals surface area contributed by atoms with Crippen LogP contribution in [0.4, 0.5) is 0 Å². The van der Waals surface area contributed by atoms with E-state index in [9.17, 15) is 8.42 Å². The van der Waals surface area contributed by atoms with E-state index < -0.39 is 10.0 Å². The maximum atomic E-state index is 12.7. The summed E-state index contributed by atoms with van der Waals surface area (Å²) in [6.07, 6.45) is 1.82. The van der Waals surface area contributed by atoms with Crippen LogP contribution in [0, 0.1) is 5.92 Å². The fourth-order valence-electron chi connectivity index (χ4n) is 2.45. The SMILES string of the molecule is CC1CCC(CN)CN1S(=O)(=O)c1ccccc1Cl. The number of hydrogen-bond donors (Lipinski definition) is 1. The second-order valence-electron chi connectivity index (χ2n) is 5.03. The van der Waals surface area contributed by atoms with Gasteiger partial charge in [0.1, 0.15) is 4.90 Å². The minimum absolute atomic E-state index is 0.0101. The lowest BCUT2D eigenvalue weighted by Crippen LogP contribution is -2.47. The van der Waals surface area contributed by atoms with E-state index >= 15 is 0 Å². The highest BCUT2D eigenvalue weighted by molar-refractivity contribution is 7.89. The topological polar surface area (TPSA) is 63.4 Å². The molecular formula is C13H19ClN2O2S. The van der Waals surface area contributed by atoms with Gasteiger partial charge in [-0.25, -0.2) is 8.42 Å². The Balaban J connectivity index is 2.36. The Kier molecular flexibility index (Phi) is 4.50. The molecule has 6 heteroatoms. The monoisotopic (exact) mass is 302 g/mol. The molecule has 1 aromatic rings. The highest BCUT2D eigenvalue weighted by Crippen LogP contribution is 2.30. The van der Waals surface area contributed by atoms with E-state index in [2.05, 4.69) is 0 Å².